The van der Waals surface area contributed by atoms with Crippen molar-refractivity contribution < 1.29 is 14.3 Å². The van der Waals surface area contributed by atoms with E-state index in [0.29, 0.717) is 11.8 Å². The normalized spacial score (nSPS) is 9.62. The molecule has 0 unspecified atom stereocenters. The van der Waals surface area contributed by atoms with E-state index in [9.17, 15) is 9.59 Å². The number of anilines is 1. The van der Waals surface area contributed by atoms with Crippen LogP contribution < -0.4 is 4.31 Å². The van der Waals surface area contributed by atoms with Crippen LogP contribution >= 0.6 is 11.9 Å². The summed E-state index contributed by atoms with van der Waals surface area (Å²) < 4.78 is 6.64. The Morgan fingerprint density at radius 3 is 2.94 bits per heavy atom. The predicted octanol–water partition coefficient (Wildman–Crippen LogP) is 1.76. The van der Waals surface area contributed by atoms with Gasteiger partial charge in [-0.2, -0.15) is 0 Å². The molecule has 1 aromatic rings. The fraction of sp³-hybridized carbons (Fsp3) is 0.273. The van der Waals surface area contributed by atoms with Crippen LogP contribution in [0.1, 0.15) is 10.4 Å². The summed E-state index contributed by atoms with van der Waals surface area (Å²) in [7, 11) is 1.90. The van der Waals surface area contributed by atoms with Gasteiger partial charge in [0.1, 0.15) is 6.61 Å². The van der Waals surface area contributed by atoms with Crippen molar-refractivity contribution in [2.45, 2.75) is 0 Å². The molecule has 0 aliphatic heterocycles. The molecule has 1 aromatic carbocycles. The molecule has 16 heavy (non-hydrogen) atoms. The summed E-state index contributed by atoms with van der Waals surface area (Å²) in [5.74, 6) is -0.483. The van der Waals surface area contributed by atoms with Gasteiger partial charge in [-0.25, -0.2) is 4.79 Å². The molecule has 0 aromatic heterocycles. The van der Waals surface area contributed by atoms with Crippen LogP contribution in [0.25, 0.3) is 0 Å². The predicted molar refractivity (Wildman–Crippen MR) is 64.7 cm³/mol. The highest BCUT2D eigenvalue weighted by atomic mass is 32.2. The smallest absolute Gasteiger partial charge is 0.338 e. The minimum Gasteiger partial charge on any atom is -0.454 e. The molecule has 86 valence electrons. The maximum atomic E-state index is 11.5. The van der Waals surface area contributed by atoms with E-state index in [0.717, 1.165) is 5.69 Å². The van der Waals surface area contributed by atoms with E-state index in [1.165, 1.54) is 0 Å². The lowest BCUT2D eigenvalue weighted by molar-refractivity contribution is -0.110. The average molecular weight is 239 g/mol. The molecule has 1 rings (SSSR count). The second kappa shape index (κ2) is 6.17. The first-order chi connectivity index (χ1) is 7.69. The molecule has 0 aliphatic carbocycles. The van der Waals surface area contributed by atoms with Crippen molar-refractivity contribution >= 4 is 29.9 Å². The minimum atomic E-state index is -0.483. The van der Waals surface area contributed by atoms with E-state index >= 15 is 0 Å². The SMILES string of the molecule is CSN(C)c1cccc(C(=O)OCC=O)c1. The summed E-state index contributed by atoms with van der Waals surface area (Å²) in [6.07, 6.45) is 2.49. The zero-order chi connectivity index (χ0) is 12.0. The Hall–Kier alpha value is -1.49. The van der Waals surface area contributed by atoms with Gasteiger partial charge in [-0.3, -0.25) is 4.79 Å². The van der Waals surface area contributed by atoms with E-state index in [2.05, 4.69) is 0 Å². The largest absolute Gasteiger partial charge is 0.454 e. The summed E-state index contributed by atoms with van der Waals surface area (Å²) in [6.45, 7) is -0.207. The fourth-order valence-corrected chi connectivity index (χ4v) is 1.45. The van der Waals surface area contributed by atoms with E-state index in [1.54, 1.807) is 30.1 Å². The van der Waals surface area contributed by atoms with Crippen molar-refractivity contribution in [3.05, 3.63) is 29.8 Å². The molecule has 0 radical (unpaired) electrons. The molecule has 0 fully saturated rings. The summed E-state index contributed by atoms with van der Waals surface area (Å²) >= 11 is 1.54. The first-order valence-electron chi connectivity index (χ1n) is 4.67. The highest BCUT2D eigenvalue weighted by molar-refractivity contribution is 7.99. The average Bonchev–Trinajstić information content (AvgIpc) is 2.35. The van der Waals surface area contributed by atoms with Crippen molar-refractivity contribution in [1.29, 1.82) is 0 Å². The van der Waals surface area contributed by atoms with Gasteiger partial charge >= 0.3 is 5.97 Å². The van der Waals surface area contributed by atoms with Crippen molar-refractivity contribution in [2.75, 3.05) is 24.2 Å². The third kappa shape index (κ3) is 3.27. The molecule has 0 saturated carbocycles. The number of aldehydes is 1. The van der Waals surface area contributed by atoms with E-state index in [1.807, 2.05) is 23.7 Å². The zero-order valence-electron chi connectivity index (χ0n) is 9.17. The number of esters is 1. The number of carbonyl (C=O) groups is 2. The third-order valence-electron chi connectivity index (χ3n) is 2.00. The van der Waals surface area contributed by atoms with Crippen LogP contribution in [-0.2, 0) is 9.53 Å². The summed E-state index contributed by atoms with van der Waals surface area (Å²) in [6, 6.07) is 7.06. The highest BCUT2D eigenvalue weighted by Gasteiger charge is 2.08. The molecule has 0 aliphatic rings. The summed E-state index contributed by atoms with van der Waals surface area (Å²) in [5.41, 5.74) is 1.35. The lowest BCUT2D eigenvalue weighted by atomic mass is 10.2. The number of nitrogens with zero attached hydrogens (tertiary/aromatic N) is 1. The molecule has 0 saturated heterocycles. The second-order valence-corrected chi connectivity index (χ2v) is 3.91. The molecule has 0 amide bonds. The van der Waals surface area contributed by atoms with Gasteiger partial charge in [0.15, 0.2) is 6.29 Å². The van der Waals surface area contributed by atoms with Crippen molar-refractivity contribution in [2.24, 2.45) is 0 Å². The van der Waals surface area contributed by atoms with Crippen molar-refractivity contribution in [3.63, 3.8) is 0 Å². The maximum absolute atomic E-state index is 11.5. The second-order valence-electron chi connectivity index (χ2n) is 3.00. The van der Waals surface area contributed by atoms with Gasteiger partial charge in [0.25, 0.3) is 0 Å². The lowest BCUT2D eigenvalue weighted by Gasteiger charge is -2.15. The Kier molecular flexibility index (Phi) is 4.85. The Morgan fingerprint density at radius 1 is 1.56 bits per heavy atom. The van der Waals surface area contributed by atoms with Crippen molar-refractivity contribution in [3.8, 4) is 0 Å². The van der Waals surface area contributed by atoms with Gasteiger partial charge in [0.05, 0.1) is 5.56 Å². The Morgan fingerprint density at radius 2 is 2.31 bits per heavy atom. The van der Waals surface area contributed by atoms with Gasteiger partial charge in [-0.1, -0.05) is 18.0 Å². The topological polar surface area (TPSA) is 46.6 Å². The zero-order valence-corrected chi connectivity index (χ0v) is 9.99. The molecule has 0 bridgehead atoms. The summed E-state index contributed by atoms with van der Waals surface area (Å²) in [5, 5.41) is 0. The number of ether oxygens (including phenoxy) is 1. The third-order valence-corrected chi connectivity index (χ3v) is 2.76. The Balaban J connectivity index is 2.81. The molecule has 0 N–H and O–H groups in total. The van der Waals surface area contributed by atoms with E-state index < -0.39 is 5.97 Å². The number of hydrogen-bond donors (Lipinski definition) is 0. The van der Waals surface area contributed by atoms with Crippen LogP contribution in [0, 0.1) is 0 Å². The molecule has 0 atom stereocenters. The first-order valence-corrected chi connectivity index (χ1v) is 5.86. The summed E-state index contributed by atoms with van der Waals surface area (Å²) in [4.78, 5) is 21.5. The van der Waals surface area contributed by atoms with Crippen LogP contribution in [-0.4, -0.2) is 32.2 Å². The van der Waals surface area contributed by atoms with E-state index in [4.69, 9.17) is 4.74 Å². The van der Waals surface area contributed by atoms with Crippen LogP contribution in [0.15, 0.2) is 24.3 Å². The first kappa shape index (κ1) is 12.6. The van der Waals surface area contributed by atoms with Gasteiger partial charge in [0.2, 0.25) is 0 Å². The van der Waals surface area contributed by atoms with E-state index in [-0.39, 0.29) is 6.61 Å². The standard InChI is InChI=1S/C11H13NO3S/c1-12(16-2)10-5-3-4-9(8-10)11(14)15-7-6-13/h3-6,8H,7H2,1-2H3. The van der Waals surface area contributed by atoms with Crippen LogP contribution in [0.3, 0.4) is 0 Å². The van der Waals surface area contributed by atoms with Crippen LogP contribution in [0.2, 0.25) is 0 Å². The highest BCUT2D eigenvalue weighted by Crippen LogP contribution is 2.20. The lowest BCUT2D eigenvalue weighted by Crippen LogP contribution is -2.09. The van der Waals surface area contributed by atoms with Gasteiger partial charge in [-0.15, -0.1) is 0 Å². The number of benzene rings is 1. The monoisotopic (exact) mass is 239 g/mol. The minimum absolute atomic E-state index is 0.207. The number of hydrogen-bond acceptors (Lipinski definition) is 5. The van der Waals surface area contributed by atoms with Gasteiger partial charge in [0, 0.05) is 19.0 Å². The Bertz CT molecular complexity index is 381. The molecular weight excluding hydrogens is 226 g/mol. The number of rotatable bonds is 5. The van der Waals surface area contributed by atoms with Gasteiger partial charge < -0.3 is 9.04 Å². The quantitative estimate of drug-likeness (QED) is 0.445. The maximum Gasteiger partial charge on any atom is 0.338 e. The molecule has 0 heterocycles. The molecule has 5 heteroatoms. The Labute approximate surface area is 98.7 Å². The molecular formula is C11H13NO3S. The molecule has 0 spiro atoms. The number of carbonyl (C=O) groups excluding carboxylic acids is 2. The van der Waals surface area contributed by atoms with Crippen LogP contribution in [0.4, 0.5) is 5.69 Å². The van der Waals surface area contributed by atoms with Crippen molar-refractivity contribution in [1.82, 2.24) is 0 Å². The molecule has 4 nitrogen and oxygen atoms in total. The fourth-order valence-electron chi connectivity index (χ4n) is 1.13. The van der Waals surface area contributed by atoms with Gasteiger partial charge in [-0.05, 0) is 18.2 Å². The van der Waals surface area contributed by atoms with Crippen LogP contribution in [0.5, 0.6) is 0 Å².